The second-order valence-electron chi connectivity index (χ2n) is 5.25. The molecule has 0 saturated carbocycles. The first-order chi connectivity index (χ1) is 11.3. The van der Waals surface area contributed by atoms with Crippen molar-refractivity contribution in [2.75, 3.05) is 11.5 Å². The van der Waals surface area contributed by atoms with Gasteiger partial charge in [0, 0.05) is 0 Å². The van der Waals surface area contributed by atoms with Crippen molar-refractivity contribution in [1.29, 1.82) is 0 Å². The minimum atomic E-state index is 0.263. The van der Waals surface area contributed by atoms with Crippen molar-refractivity contribution in [1.82, 2.24) is 0 Å². The van der Waals surface area contributed by atoms with Crippen LogP contribution in [0.15, 0.2) is 60.8 Å². The number of carbonyl (C=O) groups excluding carboxylic acids is 1. The molecule has 0 unspecified atom stereocenters. The standard InChI is InChI=1S/C21H32OS/c1-3-4-5-6-7-8-9-10-11-12-13-14-15-16-17-18-19-23-20-21(2)22/h4-5,7-8,10-11,13-14,16-17H,3,6,9,12,15,18-20H2,1-2H3/b5-4-,8-7-,11-10-,14-13-,17-16-. The molecule has 0 atom stereocenters. The zero-order chi connectivity index (χ0) is 17.0. The lowest BCUT2D eigenvalue weighted by molar-refractivity contribution is -0.114. The van der Waals surface area contributed by atoms with Gasteiger partial charge in [-0.3, -0.25) is 4.79 Å². The Hall–Kier alpha value is -1.28. The number of hydrogen-bond acceptors (Lipinski definition) is 2. The molecular formula is C21H32OS. The molecule has 0 aromatic carbocycles. The highest BCUT2D eigenvalue weighted by atomic mass is 32.2. The van der Waals surface area contributed by atoms with E-state index in [0.29, 0.717) is 5.75 Å². The molecule has 0 aromatic heterocycles. The summed E-state index contributed by atoms with van der Waals surface area (Å²) in [6.07, 6.45) is 28.3. The summed E-state index contributed by atoms with van der Waals surface area (Å²) in [4.78, 5) is 10.8. The van der Waals surface area contributed by atoms with Crippen LogP contribution in [0.25, 0.3) is 0 Å². The fraction of sp³-hybridized carbons (Fsp3) is 0.476. The van der Waals surface area contributed by atoms with E-state index in [1.54, 1.807) is 18.7 Å². The average Bonchev–Trinajstić information content (AvgIpc) is 2.53. The van der Waals surface area contributed by atoms with Gasteiger partial charge < -0.3 is 0 Å². The lowest BCUT2D eigenvalue weighted by Gasteiger charge is -1.93. The first-order valence-corrected chi connectivity index (χ1v) is 9.75. The molecule has 0 N–H and O–H groups in total. The Morgan fingerprint density at radius 3 is 1.61 bits per heavy atom. The SMILES string of the molecule is CC/C=C\C/C=C\C/C=C\C/C=C\C/C=C\CCSCC(C)=O. The molecule has 0 amide bonds. The van der Waals surface area contributed by atoms with Gasteiger partial charge in [0.15, 0.2) is 0 Å². The van der Waals surface area contributed by atoms with E-state index in [-0.39, 0.29) is 5.78 Å². The molecule has 0 aliphatic heterocycles. The van der Waals surface area contributed by atoms with Gasteiger partial charge in [0.25, 0.3) is 0 Å². The number of thioether (sulfide) groups is 1. The van der Waals surface area contributed by atoms with Crippen LogP contribution in [-0.4, -0.2) is 17.3 Å². The maximum Gasteiger partial charge on any atom is 0.139 e. The van der Waals surface area contributed by atoms with Crippen LogP contribution in [0, 0.1) is 0 Å². The van der Waals surface area contributed by atoms with E-state index in [0.717, 1.165) is 44.3 Å². The minimum absolute atomic E-state index is 0.263. The molecule has 0 rings (SSSR count). The summed E-state index contributed by atoms with van der Waals surface area (Å²) in [5.41, 5.74) is 0. The number of hydrogen-bond donors (Lipinski definition) is 0. The smallest absolute Gasteiger partial charge is 0.139 e. The first-order valence-electron chi connectivity index (χ1n) is 8.59. The van der Waals surface area contributed by atoms with Crippen LogP contribution in [0.3, 0.4) is 0 Å². The molecule has 2 heteroatoms. The minimum Gasteiger partial charge on any atom is -0.299 e. The highest BCUT2D eigenvalue weighted by molar-refractivity contribution is 7.99. The molecule has 0 radical (unpaired) electrons. The Balaban J connectivity index is 3.44. The van der Waals surface area contributed by atoms with Gasteiger partial charge in [0.2, 0.25) is 0 Å². The molecule has 0 aliphatic rings. The van der Waals surface area contributed by atoms with Crippen molar-refractivity contribution in [2.45, 2.75) is 52.4 Å². The molecule has 23 heavy (non-hydrogen) atoms. The molecule has 0 saturated heterocycles. The Labute approximate surface area is 147 Å². The fourth-order valence-electron chi connectivity index (χ4n) is 1.74. The molecule has 0 bridgehead atoms. The monoisotopic (exact) mass is 332 g/mol. The molecule has 0 heterocycles. The number of allylic oxidation sites excluding steroid dienone is 10. The third-order valence-electron chi connectivity index (χ3n) is 2.89. The Bertz CT molecular complexity index is 414. The fourth-order valence-corrected chi connectivity index (χ4v) is 2.47. The molecule has 1 nitrogen and oxygen atoms in total. The van der Waals surface area contributed by atoms with Gasteiger partial charge in [-0.2, -0.15) is 11.8 Å². The van der Waals surface area contributed by atoms with Gasteiger partial charge in [-0.15, -0.1) is 0 Å². The predicted molar refractivity (Wildman–Crippen MR) is 107 cm³/mol. The van der Waals surface area contributed by atoms with E-state index >= 15 is 0 Å². The van der Waals surface area contributed by atoms with Gasteiger partial charge in [0.1, 0.15) is 5.78 Å². The van der Waals surface area contributed by atoms with Crippen LogP contribution in [0.5, 0.6) is 0 Å². The number of carbonyl (C=O) groups is 1. The van der Waals surface area contributed by atoms with Gasteiger partial charge in [0.05, 0.1) is 5.75 Å². The van der Waals surface area contributed by atoms with Crippen molar-refractivity contribution in [3.8, 4) is 0 Å². The summed E-state index contributed by atoms with van der Waals surface area (Å²) in [5.74, 6) is 1.94. The van der Waals surface area contributed by atoms with E-state index in [1.807, 2.05) is 0 Å². The van der Waals surface area contributed by atoms with Crippen molar-refractivity contribution in [2.24, 2.45) is 0 Å². The lowest BCUT2D eigenvalue weighted by atomic mass is 10.2. The highest BCUT2D eigenvalue weighted by Crippen LogP contribution is 2.03. The van der Waals surface area contributed by atoms with Gasteiger partial charge in [-0.05, 0) is 51.2 Å². The molecule has 128 valence electrons. The third kappa shape index (κ3) is 20.7. The van der Waals surface area contributed by atoms with E-state index < -0.39 is 0 Å². The van der Waals surface area contributed by atoms with E-state index in [9.17, 15) is 4.79 Å². The Kier molecular flexibility index (Phi) is 17.7. The van der Waals surface area contributed by atoms with Gasteiger partial charge in [-0.25, -0.2) is 0 Å². The number of rotatable bonds is 14. The summed E-state index contributed by atoms with van der Waals surface area (Å²) in [7, 11) is 0. The molecule has 0 spiro atoms. The molecular weight excluding hydrogens is 300 g/mol. The van der Waals surface area contributed by atoms with Crippen LogP contribution >= 0.6 is 11.8 Å². The molecule has 0 fully saturated rings. The van der Waals surface area contributed by atoms with Crippen LogP contribution in [0.1, 0.15) is 52.4 Å². The highest BCUT2D eigenvalue weighted by Gasteiger charge is 1.91. The van der Waals surface area contributed by atoms with E-state index in [4.69, 9.17) is 0 Å². The summed E-state index contributed by atoms with van der Waals surface area (Å²) in [5, 5.41) is 0. The molecule has 0 aromatic rings. The second-order valence-corrected chi connectivity index (χ2v) is 6.36. The second kappa shape index (κ2) is 18.8. The van der Waals surface area contributed by atoms with Crippen molar-refractivity contribution < 1.29 is 4.79 Å². The van der Waals surface area contributed by atoms with E-state index in [1.165, 1.54) is 0 Å². The molecule has 0 aliphatic carbocycles. The third-order valence-corrected chi connectivity index (χ3v) is 4.03. The van der Waals surface area contributed by atoms with Gasteiger partial charge in [-0.1, -0.05) is 67.7 Å². The first kappa shape index (κ1) is 21.7. The largest absolute Gasteiger partial charge is 0.299 e. The Morgan fingerprint density at radius 1 is 0.739 bits per heavy atom. The van der Waals surface area contributed by atoms with Crippen LogP contribution < -0.4 is 0 Å². The maximum absolute atomic E-state index is 10.8. The van der Waals surface area contributed by atoms with Crippen molar-refractivity contribution >= 4 is 17.5 Å². The normalized spacial score (nSPS) is 12.8. The van der Waals surface area contributed by atoms with Crippen LogP contribution in [-0.2, 0) is 4.79 Å². The zero-order valence-corrected chi connectivity index (χ0v) is 15.6. The quantitative estimate of drug-likeness (QED) is 0.268. The summed E-state index contributed by atoms with van der Waals surface area (Å²) >= 11 is 1.71. The summed E-state index contributed by atoms with van der Waals surface area (Å²) < 4.78 is 0. The topological polar surface area (TPSA) is 17.1 Å². The Morgan fingerprint density at radius 2 is 1.17 bits per heavy atom. The average molecular weight is 333 g/mol. The van der Waals surface area contributed by atoms with E-state index in [2.05, 4.69) is 67.7 Å². The summed E-state index contributed by atoms with van der Waals surface area (Å²) in [6, 6.07) is 0. The maximum atomic E-state index is 10.8. The lowest BCUT2D eigenvalue weighted by Crippen LogP contribution is -1.93. The van der Waals surface area contributed by atoms with Crippen LogP contribution in [0.4, 0.5) is 0 Å². The van der Waals surface area contributed by atoms with Crippen molar-refractivity contribution in [3.63, 3.8) is 0 Å². The number of Topliss-reactive ketones (excluding diaryl/α,β-unsaturated/α-hetero) is 1. The number of ketones is 1. The van der Waals surface area contributed by atoms with Crippen LogP contribution in [0.2, 0.25) is 0 Å². The zero-order valence-electron chi connectivity index (χ0n) is 14.7. The predicted octanol–water partition coefficient (Wildman–Crippen LogP) is 6.45. The summed E-state index contributed by atoms with van der Waals surface area (Å²) in [6.45, 7) is 3.80. The van der Waals surface area contributed by atoms with Gasteiger partial charge >= 0.3 is 0 Å². The van der Waals surface area contributed by atoms with Crippen molar-refractivity contribution in [3.05, 3.63) is 60.8 Å².